The lowest BCUT2D eigenvalue weighted by molar-refractivity contribution is 0.311. The van der Waals surface area contributed by atoms with Crippen LogP contribution in [0.5, 0.6) is 0 Å². The zero-order chi connectivity index (χ0) is 23.2. The van der Waals surface area contributed by atoms with Crippen LogP contribution in [-0.2, 0) is 0 Å². The van der Waals surface area contributed by atoms with Crippen LogP contribution < -0.4 is 15.1 Å². The number of furan rings is 1. The Morgan fingerprint density at radius 2 is 2.00 bits per heavy atom. The number of likely N-dealkylation sites (N-methyl/N-ethyl adjacent to an activating group) is 2. The minimum atomic E-state index is 0.104. The number of aromatic amines is 1. The number of H-pyrrole nitrogens is 1. The summed E-state index contributed by atoms with van der Waals surface area (Å²) in [6.45, 7) is 7.77. The lowest BCUT2D eigenvalue weighted by atomic mass is 10.2. The first-order valence-electron chi connectivity index (χ1n) is 11.1. The standard InChI is InChI=1S/C23H31N9O/c1-5-6-7-9-17(2)31(4)22-25-21(26-23(27-22)32-13-11-30(3)12-14-32)24-20-16-18(28-29-20)19-10-8-15-33-19/h5-10,15-17H,11-14H2,1-4H3,(H2,24,25,26,27,28,29)/b6-5-,9-7-. The predicted molar refractivity (Wildman–Crippen MR) is 131 cm³/mol. The van der Waals surface area contributed by atoms with Crippen molar-refractivity contribution in [2.45, 2.75) is 19.9 Å². The van der Waals surface area contributed by atoms with Gasteiger partial charge < -0.3 is 24.4 Å². The number of aromatic nitrogens is 5. The van der Waals surface area contributed by atoms with Crippen molar-refractivity contribution < 1.29 is 4.42 Å². The second-order valence-corrected chi connectivity index (χ2v) is 8.08. The Morgan fingerprint density at radius 1 is 1.18 bits per heavy atom. The summed E-state index contributed by atoms with van der Waals surface area (Å²) in [5, 5.41) is 10.5. The molecule has 1 fully saturated rings. The molecule has 0 spiro atoms. The largest absolute Gasteiger partial charge is 0.463 e. The Balaban J connectivity index is 1.61. The first-order valence-corrected chi connectivity index (χ1v) is 11.1. The molecule has 3 aromatic rings. The molecule has 4 rings (SSSR count). The lowest BCUT2D eigenvalue weighted by Gasteiger charge is -2.33. The van der Waals surface area contributed by atoms with E-state index >= 15 is 0 Å². The van der Waals surface area contributed by atoms with Gasteiger partial charge in [0.25, 0.3) is 0 Å². The molecule has 33 heavy (non-hydrogen) atoms. The van der Waals surface area contributed by atoms with Gasteiger partial charge >= 0.3 is 0 Å². The maximum absolute atomic E-state index is 5.44. The third-order valence-electron chi connectivity index (χ3n) is 5.62. The fraction of sp³-hybridized carbons (Fsp3) is 0.391. The molecule has 0 amide bonds. The summed E-state index contributed by atoms with van der Waals surface area (Å²) in [6.07, 6.45) is 9.78. The molecule has 1 aliphatic heterocycles. The van der Waals surface area contributed by atoms with Crippen molar-refractivity contribution in [2.24, 2.45) is 0 Å². The highest BCUT2D eigenvalue weighted by molar-refractivity contribution is 5.61. The van der Waals surface area contributed by atoms with Gasteiger partial charge in [-0.15, -0.1) is 0 Å². The smallest absolute Gasteiger partial charge is 0.235 e. The summed E-state index contributed by atoms with van der Waals surface area (Å²) >= 11 is 0. The van der Waals surface area contributed by atoms with Crippen molar-refractivity contribution in [3.8, 4) is 11.5 Å². The van der Waals surface area contributed by atoms with E-state index in [0.717, 1.165) is 31.9 Å². The lowest BCUT2D eigenvalue weighted by Crippen LogP contribution is -2.45. The van der Waals surface area contributed by atoms with Crippen molar-refractivity contribution in [1.82, 2.24) is 30.0 Å². The van der Waals surface area contributed by atoms with Crippen LogP contribution >= 0.6 is 0 Å². The average Bonchev–Trinajstić information content (AvgIpc) is 3.51. The molecule has 0 bridgehead atoms. The molecule has 0 aromatic carbocycles. The van der Waals surface area contributed by atoms with E-state index < -0.39 is 0 Å². The number of nitrogens with zero attached hydrogens (tertiary/aromatic N) is 7. The molecular weight excluding hydrogens is 418 g/mol. The van der Waals surface area contributed by atoms with Crippen LogP contribution in [0.4, 0.5) is 23.7 Å². The van der Waals surface area contributed by atoms with Crippen LogP contribution in [0.3, 0.4) is 0 Å². The summed E-state index contributed by atoms with van der Waals surface area (Å²) in [5.41, 5.74) is 0.774. The van der Waals surface area contributed by atoms with Crippen LogP contribution in [0, 0.1) is 0 Å². The van der Waals surface area contributed by atoms with Gasteiger partial charge in [-0.2, -0.15) is 20.1 Å². The van der Waals surface area contributed by atoms with Crippen LogP contribution in [0.25, 0.3) is 11.5 Å². The summed E-state index contributed by atoms with van der Waals surface area (Å²) in [5.74, 6) is 3.02. The Labute approximate surface area is 194 Å². The molecule has 1 saturated heterocycles. The summed E-state index contributed by atoms with van der Waals surface area (Å²) < 4.78 is 5.44. The van der Waals surface area contributed by atoms with Crippen LogP contribution in [0.1, 0.15) is 13.8 Å². The van der Waals surface area contributed by atoms with Gasteiger partial charge in [0.15, 0.2) is 11.6 Å². The second-order valence-electron chi connectivity index (χ2n) is 8.08. The molecule has 1 atom stereocenters. The fourth-order valence-corrected chi connectivity index (χ4v) is 3.42. The maximum atomic E-state index is 5.44. The molecule has 10 heteroatoms. The van der Waals surface area contributed by atoms with Crippen molar-refractivity contribution in [3.05, 3.63) is 48.8 Å². The highest BCUT2D eigenvalue weighted by Crippen LogP contribution is 2.24. The van der Waals surface area contributed by atoms with Gasteiger partial charge in [-0.3, -0.25) is 5.10 Å². The highest BCUT2D eigenvalue weighted by Gasteiger charge is 2.21. The zero-order valence-electron chi connectivity index (χ0n) is 19.6. The van der Waals surface area contributed by atoms with E-state index in [1.54, 1.807) is 6.26 Å². The Hall–Kier alpha value is -3.66. The van der Waals surface area contributed by atoms with E-state index in [0.29, 0.717) is 29.4 Å². The van der Waals surface area contributed by atoms with Gasteiger partial charge in [-0.25, -0.2) is 0 Å². The third kappa shape index (κ3) is 5.58. The normalized spacial score (nSPS) is 16.1. The molecule has 174 valence electrons. The Morgan fingerprint density at radius 3 is 2.73 bits per heavy atom. The first-order chi connectivity index (χ1) is 16.0. The van der Waals surface area contributed by atoms with Crippen molar-refractivity contribution in [3.63, 3.8) is 0 Å². The first kappa shape index (κ1) is 22.5. The molecule has 0 aliphatic carbocycles. The Bertz CT molecular complexity index is 1080. The van der Waals surface area contributed by atoms with E-state index in [1.807, 2.05) is 55.3 Å². The molecule has 2 N–H and O–H groups in total. The van der Waals surface area contributed by atoms with Gasteiger partial charge in [-0.05, 0) is 33.0 Å². The quantitative estimate of drug-likeness (QED) is 0.501. The number of hydrogen-bond donors (Lipinski definition) is 2. The molecule has 0 saturated carbocycles. The Kier molecular flexibility index (Phi) is 7.04. The van der Waals surface area contributed by atoms with E-state index in [2.05, 4.69) is 50.3 Å². The predicted octanol–water partition coefficient (Wildman–Crippen LogP) is 3.31. The van der Waals surface area contributed by atoms with E-state index in [-0.39, 0.29) is 6.04 Å². The molecule has 3 aromatic heterocycles. The number of nitrogens with one attached hydrogen (secondary N) is 2. The number of anilines is 4. The van der Waals surface area contributed by atoms with E-state index in [1.165, 1.54) is 0 Å². The molecule has 0 radical (unpaired) electrons. The van der Waals surface area contributed by atoms with Crippen molar-refractivity contribution in [2.75, 3.05) is 55.4 Å². The molecule has 1 aliphatic rings. The SMILES string of the molecule is C/C=C\C=C/C(C)N(C)c1nc(Nc2cc(-c3ccco3)[nH]n2)nc(N2CCN(C)CC2)n1. The van der Waals surface area contributed by atoms with Gasteiger partial charge in [0.05, 0.1) is 6.26 Å². The second kappa shape index (κ2) is 10.3. The molecule has 1 unspecified atom stereocenters. The summed E-state index contributed by atoms with van der Waals surface area (Å²) in [4.78, 5) is 20.7. The summed E-state index contributed by atoms with van der Waals surface area (Å²) in [7, 11) is 4.12. The maximum Gasteiger partial charge on any atom is 0.235 e. The van der Waals surface area contributed by atoms with E-state index in [4.69, 9.17) is 14.4 Å². The van der Waals surface area contributed by atoms with E-state index in [9.17, 15) is 0 Å². The number of hydrogen-bond acceptors (Lipinski definition) is 9. The molecular formula is C23H31N9O. The molecule has 10 nitrogen and oxygen atoms in total. The summed E-state index contributed by atoms with van der Waals surface area (Å²) in [6, 6.07) is 5.68. The van der Waals surface area contributed by atoms with Gasteiger partial charge in [-0.1, -0.05) is 24.3 Å². The van der Waals surface area contributed by atoms with Crippen molar-refractivity contribution >= 4 is 23.7 Å². The average molecular weight is 450 g/mol. The van der Waals surface area contributed by atoms with Crippen LogP contribution in [0.15, 0.2) is 53.2 Å². The van der Waals surface area contributed by atoms with Gasteiger partial charge in [0.2, 0.25) is 17.8 Å². The highest BCUT2D eigenvalue weighted by atomic mass is 16.3. The third-order valence-corrected chi connectivity index (χ3v) is 5.62. The zero-order valence-corrected chi connectivity index (χ0v) is 19.6. The van der Waals surface area contributed by atoms with Gasteiger partial charge in [0, 0.05) is 45.3 Å². The van der Waals surface area contributed by atoms with Crippen LogP contribution in [-0.4, -0.2) is 76.4 Å². The van der Waals surface area contributed by atoms with Crippen molar-refractivity contribution in [1.29, 1.82) is 0 Å². The number of rotatable bonds is 8. The number of piperazine rings is 1. The topological polar surface area (TPSA) is 102 Å². The van der Waals surface area contributed by atoms with Gasteiger partial charge in [0.1, 0.15) is 5.69 Å². The fourth-order valence-electron chi connectivity index (χ4n) is 3.42. The minimum absolute atomic E-state index is 0.104. The van der Waals surface area contributed by atoms with Crippen LogP contribution in [0.2, 0.25) is 0 Å². The number of allylic oxidation sites excluding steroid dienone is 3. The minimum Gasteiger partial charge on any atom is -0.463 e. The monoisotopic (exact) mass is 449 g/mol. The molecule has 4 heterocycles.